The van der Waals surface area contributed by atoms with Crippen LogP contribution in [0.3, 0.4) is 0 Å². The fourth-order valence-corrected chi connectivity index (χ4v) is 4.20. The molecule has 1 aromatic rings. The van der Waals surface area contributed by atoms with E-state index in [0.29, 0.717) is 32.2 Å². The van der Waals surface area contributed by atoms with E-state index >= 15 is 0 Å². The molecule has 148 valence electrons. The molecular weight excluding hydrogens is 347 g/mol. The zero-order chi connectivity index (χ0) is 19.2. The van der Waals surface area contributed by atoms with Crippen LogP contribution in [-0.4, -0.2) is 54.0 Å². The van der Waals surface area contributed by atoms with Gasteiger partial charge in [0, 0.05) is 32.1 Å². The van der Waals surface area contributed by atoms with Crippen LogP contribution in [0.4, 0.5) is 4.39 Å². The molecule has 2 aliphatic heterocycles. The zero-order valence-electron chi connectivity index (χ0n) is 16.0. The van der Waals surface area contributed by atoms with E-state index in [9.17, 15) is 14.0 Å². The van der Waals surface area contributed by atoms with Gasteiger partial charge in [-0.3, -0.25) is 14.5 Å². The molecule has 1 aromatic carbocycles. The number of esters is 1. The molecule has 2 heterocycles. The van der Waals surface area contributed by atoms with Gasteiger partial charge in [-0.25, -0.2) is 4.39 Å². The molecule has 0 spiro atoms. The lowest BCUT2D eigenvalue weighted by molar-refractivity contribution is -0.150. The quantitative estimate of drug-likeness (QED) is 0.742. The van der Waals surface area contributed by atoms with Gasteiger partial charge >= 0.3 is 5.97 Å². The molecule has 0 N–H and O–H groups in total. The van der Waals surface area contributed by atoms with Gasteiger partial charge in [0.2, 0.25) is 5.91 Å². The van der Waals surface area contributed by atoms with Crippen molar-refractivity contribution in [2.45, 2.75) is 51.6 Å². The molecule has 6 heteroatoms. The minimum Gasteiger partial charge on any atom is -0.466 e. The third-order valence-corrected chi connectivity index (χ3v) is 5.63. The summed E-state index contributed by atoms with van der Waals surface area (Å²) in [4.78, 5) is 28.8. The second-order valence-corrected chi connectivity index (χ2v) is 7.51. The molecule has 2 saturated heterocycles. The van der Waals surface area contributed by atoms with Crippen LogP contribution in [-0.2, 0) is 20.9 Å². The van der Waals surface area contributed by atoms with Crippen LogP contribution in [0.15, 0.2) is 24.3 Å². The van der Waals surface area contributed by atoms with Gasteiger partial charge in [0.1, 0.15) is 5.82 Å². The normalized spacial score (nSPS) is 24.5. The van der Waals surface area contributed by atoms with Crippen LogP contribution in [0.5, 0.6) is 0 Å². The molecule has 0 saturated carbocycles. The largest absolute Gasteiger partial charge is 0.466 e. The van der Waals surface area contributed by atoms with Gasteiger partial charge in [0.25, 0.3) is 0 Å². The van der Waals surface area contributed by atoms with E-state index in [1.807, 2.05) is 17.9 Å². The molecule has 2 unspecified atom stereocenters. The molecule has 2 atom stereocenters. The summed E-state index contributed by atoms with van der Waals surface area (Å²) in [6.45, 7) is 5.07. The second-order valence-electron chi connectivity index (χ2n) is 7.51. The molecule has 5 nitrogen and oxygen atoms in total. The Kier molecular flexibility index (Phi) is 6.83. The molecule has 0 radical (unpaired) electrons. The van der Waals surface area contributed by atoms with E-state index in [2.05, 4.69) is 4.90 Å². The second kappa shape index (κ2) is 9.31. The topological polar surface area (TPSA) is 49.9 Å². The van der Waals surface area contributed by atoms with Gasteiger partial charge in [-0.15, -0.1) is 0 Å². The fraction of sp³-hybridized carbons (Fsp3) is 0.619. The molecule has 27 heavy (non-hydrogen) atoms. The van der Waals surface area contributed by atoms with Crippen LogP contribution in [0.25, 0.3) is 0 Å². The summed E-state index contributed by atoms with van der Waals surface area (Å²) in [5.41, 5.74) is 0.821. The van der Waals surface area contributed by atoms with Crippen molar-refractivity contribution in [3.8, 4) is 0 Å². The number of hydrogen-bond acceptors (Lipinski definition) is 4. The Balaban J connectivity index is 1.58. The first-order valence-corrected chi connectivity index (χ1v) is 9.99. The number of carbonyl (C=O) groups excluding carboxylic acids is 2. The standard InChI is InChI=1S/C21H29FN2O3/c1-2-27-21(26)17-6-4-11-23(15-17)19-8-9-20(25)24(12-10-19)14-16-5-3-7-18(22)13-16/h3,5,7,13,17,19H,2,4,6,8-12,14-15H2,1H3. The van der Waals surface area contributed by atoms with Gasteiger partial charge in [-0.2, -0.15) is 0 Å². The highest BCUT2D eigenvalue weighted by Crippen LogP contribution is 2.25. The molecule has 0 aliphatic carbocycles. The SMILES string of the molecule is CCOC(=O)C1CCCN(C2CCC(=O)N(Cc3cccc(F)c3)CC2)C1. The Labute approximate surface area is 160 Å². The Morgan fingerprint density at radius 3 is 2.89 bits per heavy atom. The number of halogens is 1. The maximum Gasteiger partial charge on any atom is 0.310 e. The highest BCUT2D eigenvalue weighted by Gasteiger charge is 2.32. The summed E-state index contributed by atoms with van der Waals surface area (Å²) in [5.74, 6) is -0.299. The number of hydrogen-bond donors (Lipinski definition) is 0. The Hall–Kier alpha value is -1.95. The zero-order valence-corrected chi connectivity index (χ0v) is 16.0. The fourth-order valence-electron chi connectivity index (χ4n) is 4.20. The molecule has 0 aromatic heterocycles. The third-order valence-electron chi connectivity index (χ3n) is 5.63. The summed E-state index contributed by atoms with van der Waals surface area (Å²) in [6.07, 6.45) is 4.07. The Morgan fingerprint density at radius 2 is 2.11 bits per heavy atom. The highest BCUT2D eigenvalue weighted by atomic mass is 19.1. The lowest BCUT2D eigenvalue weighted by Crippen LogP contribution is -2.45. The van der Waals surface area contributed by atoms with E-state index in [1.165, 1.54) is 12.1 Å². The van der Waals surface area contributed by atoms with Crippen molar-refractivity contribution in [3.05, 3.63) is 35.6 Å². The monoisotopic (exact) mass is 376 g/mol. The van der Waals surface area contributed by atoms with Crippen LogP contribution in [0.2, 0.25) is 0 Å². The first-order chi connectivity index (χ1) is 13.1. The number of nitrogens with zero attached hydrogens (tertiary/aromatic N) is 2. The minimum atomic E-state index is -0.272. The van der Waals surface area contributed by atoms with Crippen molar-refractivity contribution >= 4 is 11.9 Å². The lowest BCUT2D eigenvalue weighted by atomic mass is 9.95. The first kappa shape index (κ1) is 19.8. The average molecular weight is 376 g/mol. The highest BCUT2D eigenvalue weighted by molar-refractivity contribution is 5.76. The summed E-state index contributed by atoms with van der Waals surface area (Å²) in [6, 6.07) is 6.75. The number of rotatable bonds is 5. The summed E-state index contributed by atoms with van der Waals surface area (Å²) >= 11 is 0. The van der Waals surface area contributed by atoms with E-state index < -0.39 is 0 Å². The van der Waals surface area contributed by atoms with E-state index in [0.717, 1.165) is 44.3 Å². The molecule has 0 bridgehead atoms. The molecule has 3 rings (SSSR count). The summed E-state index contributed by atoms with van der Waals surface area (Å²) in [7, 11) is 0. The lowest BCUT2D eigenvalue weighted by Gasteiger charge is -2.37. The molecular formula is C21H29FN2O3. The van der Waals surface area contributed by atoms with E-state index in [1.54, 1.807) is 6.07 Å². The maximum atomic E-state index is 13.4. The smallest absolute Gasteiger partial charge is 0.310 e. The number of benzene rings is 1. The number of amides is 1. The van der Waals surface area contributed by atoms with Crippen LogP contribution >= 0.6 is 0 Å². The Bertz CT molecular complexity index is 667. The van der Waals surface area contributed by atoms with E-state index in [4.69, 9.17) is 4.74 Å². The summed E-state index contributed by atoms with van der Waals surface area (Å²) in [5, 5.41) is 0. The summed E-state index contributed by atoms with van der Waals surface area (Å²) < 4.78 is 18.6. The van der Waals surface area contributed by atoms with Gasteiger partial charge in [-0.05, 0) is 56.8 Å². The van der Waals surface area contributed by atoms with Crippen LogP contribution in [0, 0.1) is 11.7 Å². The molecule has 2 aliphatic rings. The third kappa shape index (κ3) is 5.28. The average Bonchev–Trinajstić information content (AvgIpc) is 2.84. The van der Waals surface area contributed by atoms with Crippen LogP contribution in [0.1, 0.15) is 44.6 Å². The van der Waals surface area contributed by atoms with Gasteiger partial charge in [0.15, 0.2) is 0 Å². The molecule has 2 fully saturated rings. The van der Waals surface area contributed by atoms with Crippen molar-refractivity contribution in [3.63, 3.8) is 0 Å². The van der Waals surface area contributed by atoms with Gasteiger partial charge in [-0.1, -0.05) is 12.1 Å². The molecule has 1 amide bonds. The van der Waals surface area contributed by atoms with Crippen molar-refractivity contribution in [2.75, 3.05) is 26.2 Å². The van der Waals surface area contributed by atoms with Gasteiger partial charge in [0.05, 0.1) is 12.5 Å². The maximum absolute atomic E-state index is 13.4. The van der Waals surface area contributed by atoms with Gasteiger partial charge < -0.3 is 9.64 Å². The van der Waals surface area contributed by atoms with Crippen molar-refractivity contribution in [1.29, 1.82) is 0 Å². The van der Waals surface area contributed by atoms with Crippen molar-refractivity contribution in [1.82, 2.24) is 9.80 Å². The predicted molar refractivity (Wildman–Crippen MR) is 100 cm³/mol. The van der Waals surface area contributed by atoms with Crippen LogP contribution < -0.4 is 0 Å². The van der Waals surface area contributed by atoms with Crippen molar-refractivity contribution < 1.29 is 18.7 Å². The number of piperidine rings is 1. The van der Waals surface area contributed by atoms with E-state index in [-0.39, 0.29) is 23.6 Å². The predicted octanol–water partition coefficient (Wildman–Crippen LogP) is 2.98. The number of ether oxygens (including phenoxy) is 1. The minimum absolute atomic E-state index is 0.0546. The van der Waals surface area contributed by atoms with Crippen molar-refractivity contribution in [2.24, 2.45) is 5.92 Å². The number of carbonyl (C=O) groups is 2. The Morgan fingerprint density at radius 1 is 1.26 bits per heavy atom. The number of likely N-dealkylation sites (tertiary alicyclic amines) is 2. The first-order valence-electron chi connectivity index (χ1n) is 9.99.